The van der Waals surface area contributed by atoms with Gasteiger partial charge in [-0.1, -0.05) is 23.2 Å². The first-order chi connectivity index (χ1) is 9.55. The van der Waals surface area contributed by atoms with Gasteiger partial charge < -0.3 is 10.6 Å². The van der Waals surface area contributed by atoms with Crippen LogP contribution in [0.4, 0.5) is 35.1 Å². The Morgan fingerprint density at radius 1 is 0.682 bits per heavy atom. The largest absolute Gasteiger partial charge is 0.446 e. The van der Waals surface area contributed by atoms with Crippen molar-refractivity contribution in [1.82, 2.24) is 10.6 Å². The van der Waals surface area contributed by atoms with Gasteiger partial charge in [-0.05, 0) is 0 Å². The minimum Gasteiger partial charge on any atom is -0.350 e. The van der Waals surface area contributed by atoms with Crippen LogP contribution in [0.25, 0.3) is 0 Å². The lowest BCUT2D eigenvalue weighted by molar-refractivity contribution is -0.202. The maximum absolute atomic E-state index is 12.8. The highest BCUT2D eigenvalue weighted by molar-refractivity contribution is 6.34. The van der Waals surface area contributed by atoms with Gasteiger partial charge in [0, 0.05) is 13.1 Å². The topological polar surface area (TPSA) is 58.2 Å². The van der Waals surface area contributed by atoms with Gasteiger partial charge in [-0.15, -0.1) is 0 Å². The van der Waals surface area contributed by atoms with Gasteiger partial charge in [0.1, 0.15) is 0 Å². The van der Waals surface area contributed by atoms with Crippen molar-refractivity contribution >= 4 is 35.0 Å². The first-order valence-corrected chi connectivity index (χ1v) is 5.76. The van der Waals surface area contributed by atoms with Crippen LogP contribution < -0.4 is 10.6 Å². The second kappa shape index (κ2) is 6.60. The Kier molecular flexibility index (Phi) is 6.29. The van der Waals surface area contributed by atoms with Crippen molar-refractivity contribution in [2.24, 2.45) is 0 Å². The van der Waals surface area contributed by atoms with Gasteiger partial charge in [0.2, 0.25) is 0 Å². The maximum atomic E-state index is 12.8. The summed E-state index contributed by atoms with van der Waals surface area (Å²) in [5, 5.41) is -7.03. The van der Waals surface area contributed by atoms with Crippen molar-refractivity contribution in [1.29, 1.82) is 0 Å². The Hall–Kier alpha value is -1.04. The third-order valence-electron chi connectivity index (χ3n) is 1.98. The average Bonchev–Trinajstić information content (AvgIpc) is 2.30. The zero-order valence-electron chi connectivity index (χ0n) is 10.0. The van der Waals surface area contributed by atoms with Gasteiger partial charge in [0.15, 0.2) is 0 Å². The summed E-state index contributed by atoms with van der Waals surface area (Å²) < 4.78 is 97.5. The van der Waals surface area contributed by atoms with E-state index in [0.717, 1.165) is 0 Å². The Morgan fingerprint density at radius 3 is 1.09 bits per heavy atom. The summed E-state index contributed by atoms with van der Waals surface area (Å²) in [4.78, 5) is 21.6. The van der Waals surface area contributed by atoms with Crippen LogP contribution in [0.1, 0.15) is 0 Å². The van der Waals surface area contributed by atoms with Crippen LogP contribution in [0.5, 0.6) is 0 Å². The molecule has 0 heterocycles. The number of hydrogen-bond acceptors (Lipinski definition) is 2. The molecule has 0 aliphatic heterocycles. The number of nitrogens with one attached hydrogen (secondary N) is 2. The molecule has 0 aromatic carbocycles. The number of alkyl halides is 10. The van der Waals surface area contributed by atoms with Gasteiger partial charge in [-0.2, -0.15) is 26.3 Å². The predicted molar refractivity (Wildman–Crippen MR) is 57.5 cm³/mol. The molecule has 2 N–H and O–H groups in total. The SMILES string of the molecule is O=C(NCCNC(=O)[C@](F)(Cl)C(F)(F)F)[C@](F)(Cl)C(F)(F)F. The Morgan fingerprint density at radius 2 is 0.909 bits per heavy atom. The molecule has 4 nitrogen and oxygen atoms in total. The van der Waals surface area contributed by atoms with E-state index in [2.05, 4.69) is 23.2 Å². The quantitative estimate of drug-likeness (QED) is 0.433. The van der Waals surface area contributed by atoms with Gasteiger partial charge in [-0.25, -0.2) is 8.78 Å². The summed E-state index contributed by atoms with van der Waals surface area (Å²) in [6.45, 7) is -1.94. The lowest BCUT2D eigenvalue weighted by atomic mass is 10.3. The molecule has 2 atom stereocenters. The molecular weight excluding hydrogens is 379 g/mol. The van der Waals surface area contributed by atoms with Crippen molar-refractivity contribution < 1.29 is 44.7 Å². The van der Waals surface area contributed by atoms with E-state index in [4.69, 9.17) is 0 Å². The summed E-state index contributed by atoms with van der Waals surface area (Å²) in [7, 11) is 0. The van der Waals surface area contributed by atoms with Crippen molar-refractivity contribution in [2.75, 3.05) is 13.1 Å². The number of rotatable bonds is 5. The molecule has 2 amide bonds. The summed E-state index contributed by atoms with van der Waals surface area (Å²) >= 11 is 8.63. The molecule has 14 heteroatoms. The average molecular weight is 385 g/mol. The monoisotopic (exact) mass is 384 g/mol. The van der Waals surface area contributed by atoms with Crippen LogP contribution in [-0.4, -0.2) is 47.5 Å². The fourth-order valence-electron chi connectivity index (χ4n) is 0.832. The van der Waals surface area contributed by atoms with Crippen LogP contribution in [0.15, 0.2) is 0 Å². The minimum absolute atomic E-state index is 0.968. The third-order valence-corrected chi connectivity index (χ3v) is 2.75. The second-order valence-corrected chi connectivity index (χ2v) is 4.70. The van der Waals surface area contributed by atoms with Gasteiger partial charge in [0.25, 0.3) is 11.8 Å². The van der Waals surface area contributed by atoms with Crippen LogP contribution in [-0.2, 0) is 9.59 Å². The fourth-order valence-corrected chi connectivity index (χ4v) is 0.965. The zero-order chi connectivity index (χ0) is 18.0. The number of hydrogen-bond donors (Lipinski definition) is 2. The van der Waals surface area contributed by atoms with Crippen molar-refractivity contribution in [3.8, 4) is 0 Å². The predicted octanol–water partition coefficient (Wildman–Crippen LogP) is 2.15. The second-order valence-electron chi connectivity index (χ2n) is 3.66. The van der Waals surface area contributed by atoms with Crippen molar-refractivity contribution in [3.05, 3.63) is 0 Å². The molecule has 0 aromatic rings. The van der Waals surface area contributed by atoms with E-state index in [0.29, 0.717) is 0 Å². The van der Waals surface area contributed by atoms with E-state index in [1.165, 1.54) is 10.6 Å². The summed E-state index contributed by atoms with van der Waals surface area (Å²) in [6.07, 6.45) is -11.5. The smallest absolute Gasteiger partial charge is 0.350 e. The molecule has 0 aromatic heterocycles. The Balaban J connectivity index is 4.42. The third kappa shape index (κ3) is 4.73. The minimum atomic E-state index is -5.75. The van der Waals surface area contributed by atoms with E-state index >= 15 is 0 Å². The molecule has 0 saturated carbocycles. The molecule has 0 spiro atoms. The highest BCUT2D eigenvalue weighted by Crippen LogP contribution is 2.38. The molecule has 0 aliphatic rings. The first-order valence-electron chi connectivity index (χ1n) is 5.01. The molecule has 22 heavy (non-hydrogen) atoms. The highest BCUT2D eigenvalue weighted by atomic mass is 35.5. The van der Waals surface area contributed by atoms with E-state index in [1.54, 1.807) is 0 Å². The number of carbonyl (C=O) groups is 2. The van der Waals surface area contributed by atoms with Gasteiger partial charge in [0.05, 0.1) is 0 Å². The lowest BCUT2D eigenvalue weighted by Gasteiger charge is -2.21. The Bertz CT molecular complexity index is 395. The summed E-state index contributed by atoms with van der Waals surface area (Å²) in [5.41, 5.74) is 0. The molecule has 0 radical (unpaired) electrons. The van der Waals surface area contributed by atoms with Crippen LogP contribution in [0.2, 0.25) is 0 Å². The lowest BCUT2D eigenvalue weighted by Crippen LogP contribution is -2.53. The van der Waals surface area contributed by atoms with Crippen LogP contribution in [0, 0.1) is 0 Å². The normalized spacial score (nSPS) is 18.1. The van der Waals surface area contributed by atoms with Crippen molar-refractivity contribution in [2.45, 2.75) is 22.6 Å². The maximum Gasteiger partial charge on any atom is 0.446 e. The molecule has 130 valence electrons. The van der Waals surface area contributed by atoms with E-state index in [-0.39, 0.29) is 0 Å². The van der Waals surface area contributed by atoms with Crippen LogP contribution in [0.3, 0.4) is 0 Å². The van der Waals surface area contributed by atoms with E-state index in [1.807, 2.05) is 0 Å². The van der Waals surface area contributed by atoms with E-state index in [9.17, 15) is 44.7 Å². The van der Waals surface area contributed by atoms with Crippen LogP contribution >= 0.6 is 23.2 Å². The fraction of sp³-hybridized carbons (Fsp3) is 0.750. The van der Waals surface area contributed by atoms with Gasteiger partial charge in [-0.3, -0.25) is 9.59 Å². The van der Waals surface area contributed by atoms with Crippen molar-refractivity contribution in [3.63, 3.8) is 0 Å². The Labute approximate surface area is 127 Å². The number of halogens is 10. The zero-order valence-corrected chi connectivity index (χ0v) is 11.5. The molecule has 0 saturated heterocycles. The molecular formula is C8H6Cl2F8N2O2. The first kappa shape index (κ1) is 21.0. The molecule has 0 rings (SSSR count). The summed E-state index contributed by atoms with van der Waals surface area (Å²) in [5.74, 6) is -4.71. The molecule has 0 unspecified atom stereocenters. The van der Waals surface area contributed by atoms with E-state index < -0.39 is 47.5 Å². The van der Waals surface area contributed by atoms with Gasteiger partial charge >= 0.3 is 22.6 Å². The molecule has 0 bridgehead atoms. The number of carbonyl (C=O) groups excluding carboxylic acids is 2. The standard InChI is InChI=1S/C8H6Cl2F8N2O2/c9-5(11,7(13,14)15)3(21)19-1-2-20-4(22)6(10,12)8(16,17)18/h1-2H2,(H,19,21)(H,20,22)/t5-,6-/m1/s1. The molecule has 0 aliphatic carbocycles. The molecule has 0 fully saturated rings. The summed E-state index contributed by atoms with van der Waals surface area (Å²) in [6, 6.07) is 0. The number of amides is 2. The highest BCUT2D eigenvalue weighted by Gasteiger charge is 2.61.